The van der Waals surface area contributed by atoms with E-state index in [1.807, 2.05) is 0 Å². The van der Waals surface area contributed by atoms with Crippen molar-refractivity contribution in [2.24, 2.45) is 0 Å². The lowest BCUT2D eigenvalue weighted by Gasteiger charge is -2.17. The van der Waals surface area contributed by atoms with Crippen molar-refractivity contribution in [1.29, 1.82) is 0 Å². The van der Waals surface area contributed by atoms with Gasteiger partial charge < -0.3 is 9.47 Å². The van der Waals surface area contributed by atoms with E-state index < -0.39 is 32.7 Å². The number of hydrogen-bond acceptors (Lipinski definition) is 4. The number of halogens is 2. The summed E-state index contributed by atoms with van der Waals surface area (Å²) in [6.45, 7) is -0.151. The molecule has 2 aromatic carbocycles. The average molecular weight is 357 g/mol. The molecule has 0 aliphatic rings. The summed E-state index contributed by atoms with van der Waals surface area (Å²) in [5.74, 6) is -1.28. The topological polar surface area (TPSA) is 64.6 Å². The number of nitrogens with one attached hydrogen (secondary N) is 1. The molecule has 0 aliphatic carbocycles. The quantitative estimate of drug-likeness (QED) is 0.827. The number of rotatable bonds is 7. The van der Waals surface area contributed by atoms with E-state index in [-0.39, 0.29) is 6.54 Å². The van der Waals surface area contributed by atoms with Gasteiger partial charge in [0.05, 0.1) is 13.2 Å². The van der Waals surface area contributed by atoms with Crippen molar-refractivity contribution in [1.82, 2.24) is 4.72 Å². The molecule has 0 fully saturated rings. The molecule has 0 aliphatic heterocycles. The van der Waals surface area contributed by atoms with Gasteiger partial charge in [-0.25, -0.2) is 21.9 Å². The average Bonchev–Trinajstić information content (AvgIpc) is 2.57. The van der Waals surface area contributed by atoms with Crippen LogP contribution in [0.1, 0.15) is 11.7 Å². The maximum Gasteiger partial charge on any atom is 0.243 e. The van der Waals surface area contributed by atoms with E-state index in [2.05, 4.69) is 4.72 Å². The first-order valence-electron chi connectivity index (χ1n) is 6.99. The lowest BCUT2D eigenvalue weighted by Crippen LogP contribution is -2.30. The molecule has 1 N–H and O–H groups in total. The summed E-state index contributed by atoms with van der Waals surface area (Å²) in [6, 6.07) is 9.16. The van der Waals surface area contributed by atoms with Crippen LogP contribution in [0.3, 0.4) is 0 Å². The zero-order valence-corrected chi connectivity index (χ0v) is 13.9. The summed E-state index contributed by atoms with van der Waals surface area (Å²) in [5.41, 5.74) is 0.680. The molecule has 0 aromatic heterocycles. The molecule has 2 aromatic rings. The van der Waals surface area contributed by atoms with Gasteiger partial charge in [0.2, 0.25) is 10.0 Å². The van der Waals surface area contributed by atoms with Crippen LogP contribution >= 0.6 is 0 Å². The van der Waals surface area contributed by atoms with E-state index in [9.17, 15) is 17.2 Å². The molecular weight excluding hydrogens is 340 g/mol. The summed E-state index contributed by atoms with van der Waals surface area (Å²) in [6.07, 6.45) is -0.619. The van der Waals surface area contributed by atoms with Crippen molar-refractivity contribution in [3.05, 3.63) is 59.7 Å². The first kappa shape index (κ1) is 18.3. The number of benzene rings is 2. The number of hydrogen-bond donors (Lipinski definition) is 1. The van der Waals surface area contributed by atoms with Crippen LogP contribution in [0.25, 0.3) is 0 Å². The Morgan fingerprint density at radius 2 is 1.88 bits per heavy atom. The maximum absolute atomic E-state index is 13.7. The highest BCUT2D eigenvalue weighted by atomic mass is 32.2. The molecule has 5 nitrogen and oxygen atoms in total. The molecular formula is C16H17F2NO4S. The number of methoxy groups -OCH3 is 2. The smallest absolute Gasteiger partial charge is 0.243 e. The highest BCUT2D eigenvalue weighted by molar-refractivity contribution is 7.89. The van der Waals surface area contributed by atoms with Gasteiger partial charge >= 0.3 is 0 Å². The van der Waals surface area contributed by atoms with Gasteiger partial charge in [0.25, 0.3) is 0 Å². The van der Waals surface area contributed by atoms with Crippen LogP contribution in [0.15, 0.2) is 47.4 Å². The van der Waals surface area contributed by atoms with Gasteiger partial charge in [-0.05, 0) is 35.9 Å². The summed E-state index contributed by atoms with van der Waals surface area (Å²) in [7, 11) is -1.29. The van der Waals surface area contributed by atoms with E-state index in [1.54, 1.807) is 24.3 Å². The minimum Gasteiger partial charge on any atom is -0.497 e. The Labute approximate surface area is 139 Å². The normalized spacial score (nSPS) is 12.8. The molecule has 1 atom stereocenters. The molecule has 1 unspecified atom stereocenters. The highest BCUT2D eigenvalue weighted by Crippen LogP contribution is 2.22. The monoisotopic (exact) mass is 357 g/mol. The van der Waals surface area contributed by atoms with E-state index in [4.69, 9.17) is 9.47 Å². The van der Waals surface area contributed by atoms with Crippen LogP contribution < -0.4 is 9.46 Å². The van der Waals surface area contributed by atoms with Crippen LogP contribution in [-0.4, -0.2) is 29.2 Å². The highest BCUT2D eigenvalue weighted by Gasteiger charge is 2.22. The Kier molecular flexibility index (Phi) is 5.87. The van der Waals surface area contributed by atoms with Crippen LogP contribution in [0, 0.1) is 11.6 Å². The van der Waals surface area contributed by atoms with Gasteiger partial charge in [-0.3, -0.25) is 0 Å². The predicted molar refractivity (Wildman–Crippen MR) is 84.3 cm³/mol. The molecule has 2 rings (SSSR count). The van der Waals surface area contributed by atoms with E-state index in [0.717, 1.165) is 12.1 Å². The van der Waals surface area contributed by atoms with Gasteiger partial charge in [0, 0.05) is 13.7 Å². The van der Waals surface area contributed by atoms with Gasteiger partial charge in [0.15, 0.2) is 0 Å². The summed E-state index contributed by atoms with van der Waals surface area (Å²) in [5, 5.41) is 0. The van der Waals surface area contributed by atoms with Crippen molar-refractivity contribution in [3.63, 3.8) is 0 Å². The van der Waals surface area contributed by atoms with Crippen LogP contribution in [0.2, 0.25) is 0 Å². The molecule has 0 saturated heterocycles. The first-order valence-corrected chi connectivity index (χ1v) is 8.47. The molecule has 24 heavy (non-hydrogen) atoms. The minimum absolute atomic E-state index is 0.151. The zero-order valence-electron chi connectivity index (χ0n) is 13.1. The van der Waals surface area contributed by atoms with Crippen molar-refractivity contribution >= 4 is 10.0 Å². The third-order valence-corrected chi connectivity index (χ3v) is 4.83. The van der Waals surface area contributed by atoms with Crippen LogP contribution in [0.4, 0.5) is 8.78 Å². The second-order valence-electron chi connectivity index (χ2n) is 4.93. The maximum atomic E-state index is 13.7. The summed E-state index contributed by atoms with van der Waals surface area (Å²) >= 11 is 0. The number of ether oxygens (including phenoxy) is 2. The van der Waals surface area contributed by atoms with Crippen molar-refractivity contribution in [3.8, 4) is 5.75 Å². The SMILES string of the molecule is COc1cccc(C(CNS(=O)(=O)c2cc(F)ccc2F)OC)c1. The van der Waals surface area contributed by atoms with E-state index in [0.29, 0.717) is 17.4 Å². The fraction of sp³-hybridized carbons (Fsp3) is 0.250. The number of sulfonamides is 1. The molecule has 0 amide bonds. The fourth-order valence-electron chi connectivity index (χ4n) is 2.13. The Balaban J connectivity index is 2.18. The first-order chi connectivity index (χ1) is 11.4. The zero-order chi connectivity index (χ0) is 17.7. The van der Waals surface area contributed by atoms with Gasteiger partial charge in [0.1, 0.15) is 22.3 Å². The summed E-state index contributed by atoms with van der Waals surface area (Å²) < 4.78 is 63.8. The largest absolute Gasteiger partial charge is 0.497 e. The van der Waals surface area contributed by atoms with Crippen molar-refractivity contribution in [2.45, 2.75) is 11.0 Å². The van der Waals surface area contributed by atoms with Gasteiger partial charge in [-0.1, -0.05) is 12.1 Å². The van der Waals surface area contributed by atoms with Crippen LogP contribution in [-0.2, 0) is 14.8 Å². The van der Waals surface area contributed by atoms with E-state index in [1.165, 1.54) is 14.2 Å². The third kappa shape index (κ3) is 4.28. The lowest BCUT2D eigenvalue weighted by atomic mass is 10.1. The molecule has 130 valence electrons. The molecule has 0 radical (unpaired) electrons. The Bertz CT molecular complexity index is 811. The van der Waals surface area contributed by atoms with Gasteiger partial charge in [-0.2, -0.15) is 0 Å². The minimum atomic E-state index is -4.22. The Hall–Kier alpha value is -2.03. The van der Waals surface area contributed by atoms with Crippen LogP contribution in [0.5, 0.6) is 5.75 Å². The predicted octanol–water partition coefficient (Wildman–Crippen LogP) is 2.64. The molecule has 8 heteroatoms. The molecule has 0 spiro atoms. The molecule has 0 heterocycles. The molecule has 0 bridgehead atoms. The van der Waals surface area contributed by atoms with E-state index >= 15 is 0 Å². The Morgan fingerprint density at radius 3 is 2.54 bits per heavy atom. The summed E-state index contributed by atoms with van der Waals surface area (Å²) in [4.78, 5) is -0.747. The van der Waals surface area contributed by atoms with Crippen molar-refractivity contribution < 1.29 is 26.7 Å². The van der Waals surface area contributed by atoms with Crippen molar-refractivity contribution in [2.75, 3.05) is 20.8 Å². The second-order valence-corrected chi connectivity index (χ2v) is 6.66. The third-order valence-electron chi connectivity index (χ3n) is 3.39. The standard InChI is InChI=1S/C16H17F2NO4S/c1-22-13-5-3-4-11(8-13)15(23-2)10-19-24(20,21)16-9-12(17)6-7-14(16)18/h3-9,15,19H,10H2,1-2H3. The Morgan fingerprint density at radius 1 is 1.12 bits per heavy atom. The fourth-order valence-corrected chi connectivity index (χ4v) is 3.24. The van der Waals surface area contributed by atoms with Gasteiger partial charge in [-0.15, -0.1) is 0 Å². The molecule has 0 saturated carbocycles. The second kappa shape index (κ2) is 7.69. The lowest BCUT2D eigenvalue weighted by molar-refractivity contribution is 0.107.